The molecular formula is CH4Br2O3S. The SMILES string of the molecule is Br.O=S(=O)(O)CBr. The van der Waals surface area contributed by atoms with Crippen molar-refractivity contribution in [2.24, 2.45) is 0 Å². The highest BCUT2D eigenvalue weighted by atomic mass is 79.9. The van der Waals surface area contributed by atoms with Crippen molar-refractivity contribution in [3.8, 4) is 0 Å². The van der Waals surface area contributed by atoms with E-state index in [9.17, 15) is 8.42 Å². The summed E-state index contributed by atoms with van der Waals surface area (Å²) < 4.78 is 26.4. The van der Waals surface area contributed by atoms with Crippen LogP contribution in [0.15, 0.2) is 0 Å². The summed E-state index contributed by atoms with van der Waals surface area (Å²) in [5.74, 6) is 0. The van der Waals surface area contributed by atoms with Gasteiger partial charge in [-0.1, -0.05) is 15.9 Å². The fourth-order valence-electron chi connectivity index (χ4n) is 0. The predicted molar refractivity (Wildman–Crippen MR) is 35.7 cm³/mol. The molecule has 0 rings (SSSR count). The monoisotopic (exact) mass is 254 g/mol. The summed E-state index contributed by atoms with van der Waals surface area (Å²) in [6, 6.07) is 0. The standard InChI is InChI=1S/CH3BrO3S.BrH/c2-1-6(3,4)5;/h1H2,(H,3,4,5);1H. The van der Waals surface area contributed by atoms with Gasteiger partial charge in [0.25, 0.3) is 10.1 Å². The third-order valence-electron chi connectivity index (χ3n) is 0.138. The molecule has 0 fully saturated rings. The summed E-state index contributed by atoms with van der Waals surface area (Å²) in [5.41, 5.74) is 0. The molecule has 3 nitrogen and oxygen atoms in total. The lowest BCUT2D eigenvalue weighted by atomic mass is 11.9. The van der Waals surface area contributed by atoms with Gasteiger partial charge in [-0.25, -0.2) is 0 Å². The molecule has 0 aliphatic heterocycles. The van der Waals surface area contributed by atoms with E-state index in [2.05, 4.69) is 15.9 Å². The van der Waals surface area contributed by atoms with E-state index in [1.165, 1.54) is 0 Å². The largest absolute Gasteiger partial charge is 0.285 e. The van der Waals surface area contributed by atoms with Crippen LogP contribution in [0.1, 0.15) is 0 Å². The molecule has 0 aromatic heterocycles. The highest BCUT2D eigenvalue weighted by Gasteiger charge is 1.95. The van der Waals surface area contributed by atoms with Crippen LogP contribution in [0.4, 0.5) is 0 Å². The lowest BCUT2D eigenvalue weighted by Gasteiger charge is -1.78. The molecule has 1 N–H and O–H groups in total. The van der Waals surface area contributed by atoms with E-state index in [1.54, 1.807) is 0 Å². The van der Waals surface area contributed by atoms with E-state index in [0.717, 1.165) is 0 Å². The average molecular weight is 256 g/mol. The Hall–Kier alpha value is 0.870. The van der Waals surface area contributed by atoms with Crippen LogP contribution in [-0.4, -0.2) is 17.6 Å². The summed E-state index contributed by atoms with van der Waals surface area (Å²) in [7, 11) is -3.75. The second-order valence-corrected chi connectivity index (χ2v) is 3.45. The molecule has 0 atom stereocenters. The van der Waals surface area contributed by atoms with Gasteiger partial charge in [-0.3, -0.25) is 4.55 Å². The van der Waals surface area contributed by atoms with Crippen LogP contribution in [0.5, 0.6) is 0 Å². The molecule has 7 heavy (non-hydrogen) atoms. The Labute approximate surface area is 60.7 Å². The van der Waals surface area contributed by atoms with Crippen molar-refractivity contribution >= 4 is 43.0 Å². The van der Waals surface area contributed by atoms with Crippen molar-refractivity contribution in [2.75, 3.05) is 4.66 Å². The lowest BCUT2D eigenvalue weighted by Crippen LogP contribution is -1.95. The van der Waals surface area contributed by atoms with E-state index in [4.69, 9.17) is 4.55 Å². The Morgan fingerprint density at radius 3 is 1.71 bits per heavy atom. The Bertz CT molecular complexity index is 115. The van der Waals surface area contributed by atoms with Gasteiger partial charge >= 0.3 is 0 Å². The Kier molecular flexibility index (Phi) is 5.89. The molecule has 0 amide bonds. The third kappa shape index (κ3) is 10.9. The van der Waals surface area contributed by atoms with E-state index in [0.29, 0.717) is 0 Å². The third-order valence-corrected chi connectivity index (χ3v) is 2.15. The molecule has 0 aromatic carbocycles. The van der Waals surface area contributed by atoms with Gasteiger partial charge in [0.05, 0.1) is 0 Å². The first kappa shape index (κ1) is 10.8. The molecule has 46 valence electrons. The van der Waals surface area contributed by atoms with Gasteiger partial charge in [0.1, 0.15) is 4.66 Å². The number of hydrogen-bond acceptors (Lipinski definition) is 2. The van der Waals surface area contributed by atoms with Gasteiger partial charge in [0.15, 0.2) is 0 Å². The van der Waals surface area contributed by atoms with E-state index < -0.39 is 10.1 Å². The second-order valence-electron chi connectivity index (χ2n) is 0.691. The topological polar surface area (TPSA) is 54.4 Å². The van der Waals surface area contributed by atoms with Crippen LogP contribution < -0.4 is 0 Å². The van der Waals surface area contributed by atoms with Crippen molar-refractivity contribution in [1.82, 2.24) is 0 Å². The van der Waals surface area contributed by atoms with Crippen molar-refractivity contribution in [3.05, 3.63) is 0 Å². The van der Waals surface area contributed by atoms with Crippen LogP contribution >= 0.6 is 32.9 Å². The van der Waals surface area contributed by atoms with E-state index >= 15 is 0 Å². The maximum absolute atomic E-state index is 9.51. The predicted octanol–water partition coefficient (Wildman–Crippen LogP) is 0.805. The number of rotatable bonds is 1. The van der Waals surface area contributed by atoms with Gasteiger partial charge in [-0.2, -0.15) is 8.42 Å². The Balaban J connectivity index is 0. The first-order valence-corrected chi connectivity index (χ1v) is 3.80. The molecule has 0 aliphatic rings. The zero-order chi connectivity index (χ0) is 5.21. The van der Waals surface area contributed by atoms with Crippen molar-refractivity contribution < 1.29 is 13.0 Å². The summed E-state index contributed by atoms with van der Waals surface area (Å²) in [5, 5.41) is 0. The molecule has 0 spiro atoms. The lowest BCUT2D eigenvalue weighted by molar-refractivity contribution is 0.489. The van der Waals surface area contributed by atoms with Crippen LogP contribution in [0.3, 0.4) is 0 Å². The average Bonchev–Trinajstić information content (AvgIpc) is 1.35. The minimum absolute atomic E-state index is 0. The molecule has 6 heteroatoms. The highest BCUT2D eigenvalue weighted by molar-refractivity contribution is 9.10. The van der Waals surface area contributed by atoms with E-state index in [-0.39, 0.29) is 21.6 Å². The molecule has 0 aliphatic carbocycles. The summed E-state index contributed by atoms with van der Waals surface area (Å²) in [6.45, 7) is 0. The van der Waals surface area contributed by atoms with Gasteiger partial charge in [0.2, 0.25) is 0 Å². The first-order chi connectivity index (χ1) is 2.56. The maximum atomic E-state index is 9.51. The molecule has 0 unspecified atom stereocenters. The Morgan fingerprint density at radius 1 is 1.57 bits per heavy atom. The molecule has 0 aromatic rings. The van der Waals surface area contributed by atoms with Gasteiger partial charge in [-0.15, -0.1) is 17.0 Å². The van der Waals surface area contributed by atoms with Gasteiger partial charge < -0.3 is 0 Å². The normalized spacial score (nSPS) is 10.0. The summed E-state index contributed by atoms with van der Waals surface area (Å²) in [4.78, 5) is 0. The van der Waals surface area contributed by atoms with Gasteiger partial charge in [0, 0.05) is 0 Å². The van der Waals surface area contributed by atoms with Crippen molar-refractivity contribution in [2.45, 2.75) is 0 Å². The second kappa shape index (κ2) is 3.82. The summed E-state index contributed by atoms with van der Waals surface area (Å²) in [6.07, 6.45) is 0. The van der Waals surface area contributed by atoms with Crippen LogP contribution in [0.2, 0.25) is 0 Å². The molecule has 0 saturated heterocycles. The molecule has 0 saturated carbocycles. The first-order valence-electron chi connectivity index (χ1n) is 1.07. The van der Waals surface area contributed by atoms with Crippen LogP contribution in [0, 0.1) is 0 Å². The number of halogens is 2. The fourth-order valence-corrected chi connectivity index (χ4v) is 0. The molecular weight excluding hydrogens is 252 g/mol. The van der Waals surface area contributed by atoms with Gasteiger partial charge in [-0.05, 0) is 0 Å². The zero-order valence-corrected chi connectivity index (χ0v) is 7.28. The summed E-state index contributed by atoms with van der Waals surface area (Å²) >= 11 is 2.53. The van der Waals surface area contributed by atoms with E-state index in [1.807, 2.05) is 0 Å². The Morgan fingerprint density at radius 2 is 1.71 bits per heavy atom. The molecule has 0 bridgehead atoms. The quantitative estimate of drug-likeness (QED) is 0.557. The smallest absolute Gasteiger partial charge is 0.274 e. The maximum Gasteiger partial charge on any atom is 0.274 e. The highest BCUT2D eigenvalue weighted by Crippen LogP contribution is 1.86. The van der Waals surface area contributed by atoms with Crippen LogP contribution in [0.25, 0.3) is 0 Å². The minimum Gasteiger partial charge on any atom is -0.285 e. The van der Waals surface area contributed by atoms with Crippen molar-refractivity contribution in [3.63, 3.8) is 0 Å². The number of hydrogen-bond donors (Lipinski definition) is 1. The zero-order valence-electron chi connectivity index (χ0n) is 3.17. The molecule has 0 radical (unpaired) electrons. The van der Waals surface area contributed by atoms with Crippen molar-refractivity contribution in [1.29, 1.82) is 0 Å². The van der Waals surface area contributed by atoms with Crippen LogP contribution in [-0.2, 0) is 10.1 Å². The number of alkyl halides is 1. The fraction of sp³-hybridized carbons (Fsp3) is 1.00. The minimum atomic E-state index is -3.75. The molecule has 0 heterocycles.